The summed E-state index contributed by atoms with van der Waals surface area (Å²) >= 11 is 1.30. The first-order valence-electron chi connectivity index (χ1n) is 7.99. The zero-order valence-corrected chi connectivity index (χ0v) is 15.6. The van der Waals surface area contributed by atoms with Gasteiger partial charge in [0.2, 0.25) is 0 Å². The maximum atomic E-state index is 12.1. The molecule has 1 aromatic heterocycles. The molecule has 0 aliphatic rings. The summed E-state index contributed by atoms with van der Waals surface area (Å²) in [7, 11) is 0. The molecule has 0 fully saturated rings. The van der Waals surface area contributed by atoms with Crippen LogP contribution in [0.15, 0.2) is 30.3 Å². The zero-order valence-electron chi connectivity index (χ0n) is 14.8. The van der Waals surface area contributed by atoms with Gasteiger partial charge in [-0.3, -0.25) is 10.1 Å². The molecule has 2 rings (SSSR count). The molecule has 1 aromatic carbocycles. The molecule has 1 amide bonds. The van der Waals surface area contributed by atoms with Gasteiger partial charge < -0.3 is 9.47 Å². The van der Waals surface area contributed by atoms with Crippen molar-refractivity contribution in [3.05, 3.63) is 36.0 Å². The number of nitrogens with zero attached hydrogens (tertiary/aromatic N) is 1. The van der Waals surface area contributed by atoms with Crippen molar-refractivity contribution < 1.29 is 19.1 Å². The molecule has 7 heteroatoms. The number of rotatable bonds is 5. The molecule has 0 saturated heterocycles. The number of thiazole rings is 1. The second-order valence-corrected chi connectivity index (χ2v) is 7.27. The number of carbonyl (C=O) groups excluding carboxylic acids is 2. The van der Waals surface area contributed by atoms with Crippen LogP contribution in [0.4, 0.5) is 9.80 Å². The number of nitrogens with one attached hydrogen (secondary N) is 1. The second-order valence-electron chi connectivity index (χ2n) is 6.27. The topological polar surface area (TPSA) is 77.5 Å². The number of carbonyl (C=O) groups is 2. The van der Waals surface area contributed by atoms with Crippen LogP contribution in [0.3, 0.4) is 0 Å². The van der Waals surface area contributed by atoms with E-state index >= 15 is 0 Å². The van der Waals surface area contributed by atoms with Crippen molar-refractivity contribution in [2.24, 2.45) is 0 Å². The molecule has 2 aromatic rings. The Bertz CT molecular complexity index is 735. The summed E-state index contributed by atoms with van der Waals surface area (Å²) in [5, 5.41) is 3.89. The van der Waals surface area contributed by atoms with Crippen LogP contribution in [-0.4, -0.2) is 29.3 Å². The Morgan fingerprint density at radius 2 is 1.88 bits per heavy atom. The number of amides is 1. The minimum atomic E-state index is -0.613. The van der Waals surface area contributed by atoms with Gasteiger partial charge in [-0.05, 0) is 27.7 Å². The third-order valence-corrected chi connectivity index (χ3v) is 4.01. The van der Waals surface area contributed by atoms with Crippen molar-refractivity contribution in [1.82, 2.24) is 4.98 Å². The highest BCUT2D eigenvalue weighted by Crippen LogP contribution is 2.33. The SMILES string of the molecule is CCOC(=O)Cc1nc(-c2ccccc2)sc1NC(=O)OC(C)(C)C. The van der Waals surface area contributed by atoms with Crippen LogP contribution in [0.5, 0.6) is 0 Å². The Morgan fingerprint density at radius 3 is 2.48 bits per heavy atom. The van der Waals surface area contributed by atoms with Crippen LogP contribution in [0.25, 0.3) is 10.6 Å². The average molecular weight is 362 g/mol. The molecule has 134 valence electrons. The fourth-order valence-corrected chi connectivity index (χ4v) is 2.99. The minimum absolute atomic E-state index is 0.0116. The lowest BCUT2D eigenvalue weighted by atomic mass is 10.2. The molecule has 6 nitrogen and oxygen atoms in total. The molecule has 0 radical (unpaired) electrons. The summed E-state index contributed by atoms with van der Waals surface area (Å²) in [6, 6.07) is 9.57. The Labute approximate surface area is 151 Å². The van der Waals surface area contributed by atoms with Gasteiger partial charge in [-0.25, -0.2) is 9.78 Å². The van der Waals surface area contributed by atoms with Gasteiger partial charge in [0.15, 0.2) is 0 Å². The van der Waals surface area contributed by atoms with Gasteiger partial charge in [-0.1, -0.05) is 41.7 Å². The number of hydrogen-bond donors (Lipinski definition) is 1. The normalized spacial score (nSPS) is 11.0. The monoisotopic (exact) mass is 362 g/mol. The Morgan fingerprint density at radius 1 is 1.20 bits per heavy atom. The number of hydrogen-bond acceptors (Lipinski definition) is 6. The third kappa shape index (κ3) is 5.86. The number of benzene rings is 1. The predicted molar refractivity (Wildman–Crippen MR) is 97.7 cm³/mol. The zero-order chi connectivity index (χ0) is 18.4. The smallest absolute Gasteiger partial charge is 0.412 e. The lowest BCUT2D eigenvalue weighted by Crippen LogP contribution is -2.27. The lowest BCUT2D eigenvalue weighted by molar-refractivity contribution is -0.142. The van der Waals surface area contributed by atoms with E-state index in [2.05, 4.69) is 10.3 Å². The van der Waals surface area contributed by atoms with E-state index in [9.17, 15) is 9.59 Å². The number of aromatic nitrogens is 1. The molecular formula is C18H22N2O4S. The summed E-state index contributed by atoms with van der Waals surface area (Å²) in [4.78, 5) is 28.4. The van der Waals surface area contributed by atoms with Gasteiger partial charge in [0.25, 0.3) is 0 Å². The molecule has 0 unspecified atom stereocenters. The maximum absolute atomic E-state index is 12.1. The first kappa shape index (κ1) is 18.9. The van der Waals surface area contributed by atoms with Gasteiger partial charge >= 0.3 is 12.1 Å². The number of anilines is 1. The molecule has 0 atom stereocenters. The fraction of sp³-hybridized carbons (Fsp3) is 0.389. The van der Waals surface area contributed by atoms with Gasteiger partial charge in [-0.2, -0.15) is 0 Å². The van der Waals surface area contributed by atoms with Crippen LogP contribution in [-0.2, 0) is 20.7 Å². The Hall–Kier alpha value is -2.41. The standard InChI is InChI=1S/C18H22N2O4S/c1-5-23-14(21)11-13-16(20-17(22)24-18(2,3)4)25-15(19-13)12-9-7-6-8-10-12/h6-10H,5,11H2,1-4H3,(H,20,22). The summed E-state index contributed by atoms with van der Waals surface area (Å²) < 4.78 is 10.3. The highest BCUT2D eigenvalue weighted by atomic mass is 32.1. The minimum Gasteiger partial charge on any atom is -0.466 e. The van der Waals surface area contributed by atoms with Crippen molar-refractivity contribution in [1.29, 1.82) is 0 Å². The summed E-state index contributed by atoms with van der Waals surface area (Å²) in [6.45, 7) is 7.40. The van der Waals surface area contributed by atoms with Crippen LogP contribution in [0.2, 0.25) is 0 Å². The van der Waals surface area contributed by atoms with Gasteiger partial charge in [0, 0.05) is 5.56 Å². The van der Waals surface area contributed by atoms with E-state index in [0.29, 0.717) is 22.3 Å². The predicted octanol–water partition coefficient (Wildman–Crippen LogP) is 4.26. The van der Waals surface area contributed by atoms with Crippen molar-refractivity contribution >= 4 is 28.4 Å². The number of esters is 1. The van der Waals surface area contributed by atoms with E-state index in [0.717, 1.165) is 5.56 Å². The lowest BCUT2D eigenvalue weighted by Gasteiger charge is -2.19. The van der Waals surface area contributed by atoms with E-state index in [1.165, 1.54) is 11.3 Å². The quantitative estimate of drug-likeness (QED) is 0.804. The molecule has 0 spiro atoms. The molecular weight excluding hydrogens is 340 g/mol. The van der Waals surface area contributed by atoms with E-state index in [4.69, 9.17) is 9.47 Å². The average Bonchev–Trinajstić information content (AvgIpc) is 2.89. The summed E-state index contributed by atoms with van der Waals surface area (Å²) in [5.41, 5.74) is 0.765. The highest BCUT2D eigenvalue weighted by Gasteiger charge is 2.21. The van der Waals surface area contributed by atoms with Crippen LogP contribution < -0.4 is 5.32 Å². The van der Waals surface area contributed by atoms with Gasteiger partial charge in [0.05, 0.1) is 18.7 Å². The second kappa shape index (κ2) is 8.11. The largest absolute Gasteiger partial charge is 0.466 e. The van der Waals surface area contributed by atoms with Crippen LogP contribution in [0.1, 0.15) is 33.4 Å². The molecule has 0 bridgehead atoms. The van der Waals surface area contributed by atoms with Crippen LogP contribution >= 0.6 is 11.3 Å². The first-order chi connectivity index (χ1) is 11.8. The summed E-state index contributed by atoms with van der Waals surface area (Å²) in [5.74, 6) is -0.389. The van der Waals surface area contributed by atoms with E-state index in [1.54, 1.807) is 27.7 Å². The van der Waals surface area contributed by atoms with Gasteiger partial charge in [-0.15, -0.1) is 0 Å². The van der Waals surface area contributed by atoms with E-state index < -0.39 is 11.7 Å². The van der Waals surface area contributed by atoms with Gasteiger partial charge in [0.1, 0.15) is 15.6 Å². The summed E-state index contributed by atoms with van der Waals surface area (Å²) in [6.07, 6.45) is -0.594. The molecule has 0 aliphatic heterocycles. The molecule has 0 saturated carbocycles. The fourth-order valence-electron chi connectivity index (χ4n) is 2.02. The highest BCUT2D eigenvalue weighted by molar-refractivity contribution is 7.19. The van der Waals surface area contributed by atoms with Crippen molar-refractivity contribution in [2.45, 2.75) is 39.7 Å². The third-order valence-electron chi connectivity index (χ3n) is 2.95. The van der Waals surface area contributed by atoms with Crippen LogP contribution in [0, 0.1) is 0 Å². The first-order valence-corrected chi connectivity index (χ1v) is 8.81. The van der Waals surface area contributed by atoms with Crippen molar-refractivity contribution in [3.8, 4) is 10.6 Å². The van der Waals surface area contributed by atoms with Crippen molar-refractivity contribution in [2.75, 3.05) is 11.9 Å². The molecule has 1 heterocycles. The van der Waals surface area contributed by atoms with E-state index in [-0.39, 0.29) is 12.4 Å². The van der Waals surface area contributed by atoms with E-state index in [1.807, 2.05) is 30.3 Å². The molecule has 25 heavy (non-hydrogen) atoms. The Kier molecular flexibility index (Phi) is 6.14. The Balaban J connectivity index is 2.27. The molecule has 0 aliphatic carbocycles. The number of ether oxygens (including phenoxy) is 2. The maximum Gasteiger partial charge on any atom is 0.412 e. The molecule has 1 N–H and O–H groups in total. The van der Waals surface area contributed by atoms with Crippen molar-refractivity contribution in [3.63, 3.8) is 0 Å².